The van der Waals surface area contributed by atoms with Crippen molar-refractivity contribution in [3.8, 4) is 0 Å². The Hall–Kier alpha value is -7.81. The first-order chi connectivity index (χ1) is 32.1. The summed E-state index contributed by atoms with van der Waals surface area (Å²) in [6, 6.07) is 26.7. The van der Waals surface area contributed by atoms with Crippen LogP contribution in [0, 0.1) is 13.8 Å². The minimum absolute atomic E-state index is 0.00926. The molecule has 11 N–H and O–H groups in total. The topological polar surface area (TPSA) is 255 Å². The molecule has 9 rings (SSSR count). The predicted octanol–water partition coefficient (Wildman–Crippen LogP) is 9.13. The van der Waals surface area contributed by atoms with Crippen molar-refractivity contribution < 1.29 is 28.6 Å². The van der Waals surface area contributed by atoms with E-state index in [9.17, 15) is 29.7 Å². The Balaban J connectivity index is 0.000000149. The van der Waals surface area contributed by atoms with Crippen LogP contribution < -0.4 is 39.2 Å². The Morgan fingerprint density at radius 3 is 1.15 bits per heavy atom. The molecule has 0 radical (unpaired) electrons. The second-order valence-corrected chi connectivity index (χ2v) is 16.3. The molecule has 0 saturated carbocycles. The number of para-hydroxylation sites is 3. The summed E-state index contributed by atoms with van der Waals surface area (Å²) in [4.78, 5) is 38.2. The molecule has 13 heteroatoms. The molecule has 9 aromatic rings. The number of nitrogens with two attached hydrogens (primary N) is 4. The maximum atomic E-state index is 12.8. The van der Waals surface area contributed by atoms with E-state index in [1.54, 1.807) is 60.7 Å². The second-order valence-electron chi connectivity index (χ2n) is 16.3. The number of aliphatic hydroxyl groups excluding tert-OH is 3. The Bertz CT molecular complexity index is 3640. The average Bonchev–Trinajstić information content (AvgIpc) is 3.30. The van der Waals surface area contributed by atoms with Gasteiger partial charge in [-0.2, -0.15) is 0 Å². The predicted molar refractivity (Wildman–Crippen MR) is 267 cm³/mol. The van der Waals surface area contributed by atoms with Gasteiger partial charge >= 0.3 is 0 Å². The minimum atomic E-state index is -0.120. The standard InChI is InChI=1S/C18H18N2O3.2C18H17NO3/c1-10(21)7-11-3-2-4-13-16(22)14-6-5-12(8-19)15(9-20)18(14)23-17(11)13;1-10(20)8-12-4-3-5-14-16(21)15-7-6-13(9-19)11(2)17(15)22-18(12)14;1-10-6-7-14-16(21)13-5-3-4-12(8-11(2)20)17(13)22-18(14)15(10)9-19/h2-6,21H,1,7-9,19-20H2;3-7,20H,1,8-9,19H2,2H3;3-7,20H,2,8-9,19H2,1H3. The van der Waals surface area contributed by atoms with Crippen LogP contribution in [-0.4, -0.2) is 15.3 Å². The van der Waals surface area contributed by atoms with Gasteiger partial charge < -0.3 is 51.5 Å². The molecule has 3 aromatic heterocycles. The summed E-state index contributed by atoms with van der Waals surface area (Å²) in [5.41, 5.74) is 33.2. The lowest BCUT2D eigenvalue weighted by Gasteiger charge is -2.11. The minimum Gasteiger partial charge on any atom is -0.513 e. The van der Waals surface area contributed by atoms with E-state index in [0.29, 0.717) is 91.0 Å². The summed E-state index contributed by atoms with van der Waals surface area (Å²) >= 11 is 0. The highest BCUT2D eigenvalue weighted by Gasteiger charge is 2.18. The molecule has 0 fully saturated rings. The van der Waals surface area contributed by atoms with Crippen LogP contribution in [0.25, 0.3) is 65.8 Å². The fourth-order valence-electron chi connectivity index (χ4n) is 8.39. The molecule has 0 amide bonds. The molecule has 67 heavy (non-hydrogen) atoms. The number of rotatable bonds is 10. The van der Waals surface area contributed by atoms with Crippen molar-refractivity contribution in [2.75, 3.05) is 0 Å². The third-order valence-corrected chi connectivity index (χ3v) is 11.8. The van der Waals surface area contributed by atoms with Gasteiger partial charge in [-0.25, -0.2) is 0 Å². The highest BCUT2D eigenvalue weighted by molar-refractivity contribution is 5.95. The summed E-state index contributed by atoms with van der Waals surface area (Å²) in [7, 11) is 0. The van der Waals surface area contributed by atoms with Crippen molar-refractivity contribution in [1.82, 2.24) is 0 Å². The van der Waals surface area contributed by atoms with E-state index < -0.39 is 0 Å². The van der Waals surface area contributed by atoms with Gasteiger partial charge in [0, 0.05) is 73.3 Å². The molecule has 0 atom stereocenters. The van der Waals surface area contributed by atoms with Gasteiger partial charge in [0.15, 0.2) is 0 Å². The van der Waals surface area contributed by atoms with E-state index in [1.165, 1.54) is 0 Å². The number of fused-ring (bicyclic) bond motifs is 6. The lowest BCUT2D eigenvalue weighted by atomic mass is 10.0. The fraction of sp³-hybridized carbons (Fsp3) is 0.167. The molecule has 0 saturated heterocycles. The molecular weight excluding hydrogens is 849 g/mol. The maximum Gasteiger partial charge on any atom is 0.200 e. The van der Waals surface area contributed by atoms with Crippen LogP contribution in [0.1, 0.15) is 50.1 Å². The van der Waals surface area contributed by atoms with Crippen LogP contribution >= 0.6 is 0 Å². The van der Waals surface area contributed by atoms with Crippen LogP contribution in [0.2, 0.25) is 0 Å². The monoisotopic (exact) mass is 900 g/mol. The maximum absolute atomic E-state index is 12.8. The Labute approximate surface area is 384 Å². The van der Waals surface area contributed by atoms with Gasteiger partial charge in [0.05, 0.1) is 49.6 Å². The molecule has 0 unspecified atom stereocenters. The van der Waals surface area contributed by atoms with E-state index in [1.807, 2.05) is 44.2 Å². The van der Waals surface area contributed by atoms with Crippen LogP contribution in [0.4, 0.5) is 0 Å². The van der Waals surface area contributed by atoms with Gasteiger partial charge in [0.2, 0.25) is 16.3 Å². The van der Waals surface area contributed by atoms with Gasteiger partial charge in [-0.3, -0.25) is 14.4 Å². The smallest absolute Gasteiger partial charge is 0.200 e. The first-order valence-corrected chi connectivity index (χ1v) is 21.5. The number of aliphatic hydroxyl groups is 3. The zero-order valence-corrected chi connectivity index (χ0v) is 37.3. The van der Waals surface area contributed by atoms with Gasteiger partial charge in [-0.05, 0) is 72.5 Å². The SMILES string of the molecule is C=C(O)Cc1cccc2c(=O)c3ccc(C)c(CN)c3oc12.C=C(O)Cc1cccc2c(=O)c3ccc(CN)c(C)c3oc12.C=C(O)Cc1cccc2c(=O)c3ccc(CN)c(CN)c3oc12. The summed E-state index contributed by atoms with van der Waals surface area (Å²) in [5, 5.41) is 31.4. The van der Waals surface area contributed by atoms with Gasteiger partial charge in [-0.1, -0.05) is 74.3 Å². The third kappa shape index (κ3) is 9.22. The molecule has 13 nitrogen and oxygen atoms in total. The second kappa shape index (κ2) is 19.7. The molecule has 0 spiro atoms. The number of benzene rings is 6. The Morgan fingerprint density at radius 1 is 0.418 bits per heavy atom. The van der Waals surface area contributed by atoms with E-state index in [-0.39, 0.29) is 59.4 Å². The largest absolute Gasteiger partial charge is 0.513 e. The lowest BCUT2D eigenvalue weighted by Crippen LogP contribution is -2.10. The van der Waals surface area contributed by atoms with Crippen molar-refractivity contribution in [2.45, 2.75) is 59.3 Å². The molecule has 0 aliphatic carbocycles. The normalized spacial score (nSPS) is 11.2. The van der Waals surface area contributed by atoms with E-state index in [0.717, 1.165) is 44.5 Å². The van der Waals surface area contributed by atoms with Gasteiger partial charge in [-0.15, -0.1) is 0 Å². The molecule has 6 aromatic carbocycles. The van der Waals surface area contributed by atoms with Crippen molar-refractivity contribution in [3.05, 3.63) is 209 Å². The van der Waals surface area contributed by atoms with Crippen molar-refractivity contribution in [3.63, 3.8) is 0 Å². The van der Waals surface area contributed by atoms with Crippen LogP contribution in [0.3, 0.4) is 0 Å². The molecule has 3 heterocycles. The summed E-state index contributed by atoms with van der Waals surface area (Å²) < 4.78 is 18.1. The van der Waals surface area contributed by atoms with Crippen molar-refractivity contribution >= 4 is 65.8 Å². The van der Waals surface area contributed by atoms with Crippen LogP contribution in [0.15, 0.2) is 156 Å². The highest BCUT2D eigenvalue weighted by Crippen LogP contribution is 2.30. The summed E-state index contributed by atoms with van der Waals surface area (Å²) in [6.45, 7) is 15.6. The third-order valence-electron chi connectivity index (χ3n) is 11.8. The van der Waals surface area contributed by atoms with Gasteiger partial charge in [0.25, 0.3) is 0 Å². The number of allylic oxidation sites excluding steroid dienone is 3. The van der Waals surface area contributed by atoms with E-state index in [4.69, 9.17) is 36.2 Å². The highest BCUT2D eigenvalue weighted by atomic mass is 16.3. The number of hydrogen-bond donors (Lipinski definition) is 7. The van der Waals surface area contributed by atoms with E-state index in [2.05, 4.69) is 19.7 Å². The van der Waals surface area contributed by atoms with Crippen molar-refractivity contribution in [1.29, 1.82) is 0 Å². The zero-order chi connectivity index (χ0) is 48.3. The van der Waals surface area contributed by atoms with Crippen LogP contribution in [-0.2, 0) is 45.4 Å². The summed E-state index contributed by atoms with van der Waals surface area (Å²) in [6.07, 6.45) is 0.720. The molecule has 342 valence electrons. The van der Waals surface area contributed by atoms with Gasteiger partial charge in [0.1, 0.15) is 33.5 Å². The quantitative estimate of drug-likeness (QED) is 0.0500. The Kier molecular flexibility index (Phi) is 13.9. The van der Waals surface area contributed by atoms with E-state index >= 15 is 0 Å². The zero-order valence-electron chi connectivity index (χ0n) is 37.3. The molecule has 0 aliphatic rings. The Morgan fingerprint density at radius 2 is 0.761 bits per heavy atom. The first kappa shape index (κ1) is 47.2. The first-order valence-electron chi connectivity index (χ1n) is 21.5. The molecule has 0 aliphatic heterocycles. The van der Waals surface area contributed by atoms with Crippen LogP contribution in [0.5, 0.6) is 0 Å². The molecular formula is C54H52N4O9. The summed E-state index contributed by atoms with van der Waals surface area (Å²) in [5.74, 6) is 0.0659. The fourth-order valence-corrected chi connectivity index (χ4v) is 8.39. The lowest BCUT2D eigenvalue weighted by molar-refractivity contribution is 0.401. The molecule has 0 bridgehead atoms. The number of aryl methyl sites for hydroxylation is 2. The number of hydrogen-bond acceptors (Lipinski definition) is 13. The van der Waals surface area contributed by atoms with Crippen molar-refractivity contribution in [2.24, 2.45) is 22.9 Å². The average molecular weight is 901 g/mol.